The van der Waals surface area contributed by atoms with Crippen molar-refractivity contribution in [1.29, 1.82) is 0 Å². The predicted molar refractivity (Wildman–Crippen MR) is 114 cm³/mol. The van der Waals surface area contributed by atoms with E-state index in [2.05, 4.69) is 12.1 Å². The Balaban J connectivity index is 1.70. The number of aromatic hydroxyl groups is 1. The first-order valence-electron chi connectivity index (χ1n) is 8.35. The lowest BCUT2D eigenvalue weighted by Crippen LogP contribution is -2.29. The van der Waals surface area contributed by atoms with Crippen molar-refractivity contribution < 1.29 is 14.6 Å². The van der Waals surface area contributed by atoms with Crippen LogP contribution < -0.4 is 4.74 Å². The maximum atomic E-state index is 12.7. The minimum absolute atomic E-state index is 0.110. The summed E-state index contributed by atoms with van der Waals surface area (Å²) in [4.78, 5) is 14.9. The van der Waals surface area contributed by atoms with Gasteiger partial charge in [0, 0.05) is 6.54 Å². The Bertz CT molecular complexity index is 900. The van der Waals surface area contributed by atoms with E-state index in [1.54, 1.807) is 23.1 Å². The van der Waals surface area contributed by atoms with Crippen LogP contribution in [0.15, 0.2) is 47.4 Å². The summed E-state index contributed by atoms with van der Waals surface area (Å²) < 4.78 is 5.66. The van der Waals surface area contributed by atoms with Crippen molar-refractivity contribution >= 4 is 51.9 Å². The smallest absolute Gasteiger partial charge is 0.266 e. The zero-order valence-corrected chi connectivity index (χ0v) is 17.0. The van der Waals surface area contributed by atoms with E-state index < -0.39 is 0 Å². The van der Waals surface area contributed by atoms with Crippen molar-refractivity contribution in [1.82, 2.24) is 4.90 Å². The van der Waals surface area contributed by atoms with Gasteiger partial charge in [-0.2, -0.15) is 0 Å². The van der Waals surface area contributed by atoms with Crippen LogP contribution in [0.25, 0.3) is 6.08 Å². The van der Waals surface area contributed by atoms with Gasteiger partial charge in [-0.25, -0.2) is 0 Å². The summed E-state index contributed by atoms with van der Waals surface area (Å²) in [7, 11) is 1.45. The number of hydrogen-bond donors (Lipinski definition) is 1. The Morgan fingerprint density at radius 1 is 1.30 bits per heavy atom. The van der Waals surface area contributed by atoms with Gasteiger partial charge < -0.3 is 9.84 Å². The van der Waals surface area contributed by atoms with Crippen molar-refractivity contribution in [2.45, 2.75) is 12.8 Å². The molecule has 1 N–H and O–H groups in total. The maximum absolute atomic E-state index is 12.7. The zero-order chi connectivity index (χ0) is 19.4. The number of halogens is 1. The van der Waals surface area contributed by atoms with Crippen LogP contribution >= 0.6 is 35.6 Å². The lowest BCUT2D eigenvalue weighted by Gasteiger charge is -2.14. The standard InChI is InChI=1S/C20H18ClNO3S2/c1-25-16-11-14(10-15(21)18(16)23)12-17-19(24)22(20(26)27-17)9-5-8-13-6-3-2-4-7-13/h2-4,6-7,10-12,23H,5,8-9H2,1H3. The van der Waals surface area contributed by atoms with Gasteiger partial charge in [0.15, 0.2) is 11.5 Å². The summed E-state index contributed by atoms with van der Waals surface area (Å²) >= 11 is 12.7. The quantitative estimate of drug-likeness (QED) is 0.533. The normalized spacial score (nSPS) is 15.6. The Hall–Kier alpha value is -2.02. The number of nitrogens with zero attached hydrogens (tertiary/aromatic N) is 1. The molecule has 0 saturated carbocycles. The number of aryl methyl sites for hydroxylation is 1. The van der Waals surface area contributed by atoms with E-state index in [9.17, 15) is 9.90 Å². The second-order valence-electron chi connectivity index (χ2n) is 5.98. The number of hydrogen-bond acceptors (Lipinski definition) is 5. The van der Waals surface area contributed by atoms with Gasteiger partial charge in [-0.15, -0.1) is 0 Å². The van der Waals surface area contributed by atoms with Gasteiger partial charge in [-0.3, -0.25) is 9.69 Å². The number of thiocarbonyl (C=S) groups is 1. The average Bonchev–Trinajstić information content (AvgIpc) is 2.92. The molecule has 7 heteroatoms. The Morgan fingerprint density at radius 2 is 2.04 bits per heavy atom. The molecule has 2 aromatic carbocycles. The zero-order valence-electron chi connectivity index (χ0n) is 14.6. The molecule has 0 aromatic heterocycles. The molecule has 3 rings (SSSR count). The number of amides is 1. The molecular weight excluding hydrogens is 402 g/mol. The SMILES string of the molecule is COc1cc(C=C2SC(=S)N(CCCc3ccccc3)C2=O)cc(Cl)c1O. The van der Waals surface area contributed by atoms with Gasteiger partial charge in [0.1, 0.15) is 4.32 Å². The summed E-state index contributed by atoms with van der Waals surface area (Å²) in [6, 6.07) is 13.4. The minimum atomic E-state index is -0.121. The summed E-state index contributed by atoms with van der Waals surface area (Å²) in [6.07, 6.45) is 3.44. The third-order valence-electron chi connectivity index (χ3n) is 4.13. The van der Waals surface area contributed by atoms with E-state index >= 15 is 0 Å². The van der Waals surface area contributed by atoms with Crippen molar-refractivity contribution in [2.75, 3.05) is 13.7 Å². The molecule has 0 atom stereocenters. The van der Waals surface area contributed by atoms with E-state index in [1.165, 1.54) is 24.4 Å². The van der Waals surface area contributed by atoms with Crippen LogP contribution in [0.2, 0.25) is 5.02 Å². The van der Waals surface area contributed by atoms with E-state index in [0.717, 1.165) is 12.8 Å². The molecule has 1 heterocycles. The van der Waals surface area contributed by atoms with Gasteiger partial charge in [0.2, 0.25) is 0 Å². The fourth-order valence-electron chi connectivity index (χ4n) is 2.76. The highest BCUT2D eigenvalue weighted by molar-refractivity contribution is 8.26. The van der Waals surface area contributed by atoms with Crippen LogP contribution in [0.4, 0.5) is 0 Å². The molecule has 0 unspecified atom stereocenters. The third kappa shape index (κ3) is 4.64. The van der Waals surface area contributed by atoms with Gasteiger partial charge in [0.05, 0.1) is 17.0 Å². The first kappa shape index (κ1) is 19.7. The molecule has 4 nitrogen and oxygen atoms in total. The summed E-state index contributed by atoms with van der Waals surface area (Å²) in [5.41, 5.74) is 1.91. The molecule has 27 heavy (non-hydrogen) atoms. The Morgan fingerprint density at radius 3 is 2.74 bits per heavy atom. The summed E-state index contributed by atoms with van der Waals surface area (Å²) in [5, 5.41) is 10.00. The van der Waals surface area contributed by atoms with E-state index in [-0.39, 0.29) is 22.4 Å². The number of rotatable bonds is 6. The summed E-state index contributed by atoms with van der Waals surface area (Å²) in [6.45, 7) is 0.580. The minimum Gasteiger partial charge on any atom is -0.503 e. The highest BCUT2D eigenvalue weighted by Crippen LogP contribution is 2.38. The lowest BCUT2D eigenvalue weighted by atomic mass is 10.1. The van der Waals surface area contributed by atoms with E-state index in [1.807, 2.05) is 18.2 Å². The molecule has 1 aliphatic rings. The van der Waals surface area contributed by atoms with Gasteiger partial charge in [0.25, 0.3) is 5.91 Å². The van der Waals surface area contributed by atoms with E-state index in [4.69, 9.17) is 28.6 Å². The molecule has 1 aliphatic heterocycles. The molecule has 1 fully saturated rings. The highest BCUT2D eigenvalue weighted by atomic mass is 35.5. The number of benzene rings is 2. The Kier molecular flexibility index (Phi) is 6.42. The van der Waals surface area contributed by atoms with Crippen molar-refractivity contribution in [2.24, 2.45) is 0 Å². The first-order valence-corrected chi connectivity index (χ1v) is 9.95. The number of ether oxygens (including phenoxy) is 1. The lowest BCUT2D eigenvalue weighted by molar-refractivity contribution is -0.122. The molecule has 1 amide bonds. The van der Waals surface area contributed by atoms with Crippen molar-refractivity contribution in [3.05, 3.63) is 63.5 Å². The highest BCUT2D eigenvalue weighted by Gasteiger charge is 2.31. The number of carbonyl (C=O) groups is 1. The van der Waals surface area contributed by atoms with Crippen LogP contribution in [0.1, 0.15) is 17.5 Å². The number of thioether (sulfide) groups is 1. The summed E-state index contributed by atoms with van der Waals surface area (Å²) in [5.74, 6) is 0.0260. The molecule has 140 valence electrons. The van der Waals surface area contributed by atoms with Crippen molar-refractivity contribution in [3.63, 3.8) is 0 Å². The van der Waals surface area contributed by atoms with Crippen LogP contribution in [0.5, 0.6) is 11.5 Å². The number of phenols is 1. The van der Waals surface area contributed by atoms with Crippen LogP contribution in [-0.4, -0.2) is 33.9 Å². The molecule has 0 radical (unpaired) electrons. The van der Waals surface area contributed by atoms with Gasteiger partial charge in [-0.1, -0.05) is 65.9 Å². The average molecular weight is 420 g/mol. The fourth-order valence-corrected chi connectivity index (χ4v) is 4.29. The monoisotopic (exact) mass is 419 g/mol. The Labute approximate surface area is 172 Å². The van der Waals surface area contributed by atoms with Crippen LogP contribution in [0, 0.1) is 0 Å². The second kappa shape index (κ2) is 8.78. The molecule has 1 saturated heterocycles. The topological polar surface area (TPSA) is 49.8 Å². The second-order valence-corrected chi connectivity index (χ2v) is 8.06. The van der Waals surface area contributed by atoms with Gasteiger partial charge in [-0.05, 0) is 42.2 Å². The number of carbonyl (C=O) groups excluding carboxylic acids is 1. The van der Waals surface area contributed by atoms with E-state index in [0.29, 0.717) is 21.3 Å². The molecule has 0 aliphatic carbocycles. The molecule has 0 spiro atoms. The van der Waals surface area contributed by atoms with Crippen LogP contribution in [-0.2, 0) is 11.2 Å². The van der Waals surface area contributed by atoms with Gasteiger partial charge >= 0.3 is 0 Å². The molecular formula is C20H18ClNO3S2. The molecule has 2 aromatic rings. The third-order valence-corrected chi connectivity index (χ3v) is 5.80. The van der Waals surface area contributed by atoms with Crippen molar-refractivity contribution in [3.8, 4) is 11.5 Å². The van der Waals surface area contributed by atoms with Crippen LogP contribution in [0.3, 0.4) is 0 Å². The predicted octanol–water partition coefficient (Wildman–Crippen LogP) is 4.89. The largest absolute Gasteiger partial charge is 0.503 e. The number of methoxy groups -OCH3 is 1. The fraction of sp³-hybridized carbons (Fsp3) is 0.200. The number of phenolic OH excluding ortho intramolecular Hbond substituents is 1. The maximum Gasteiger partial charge on any atom is 0.266 e. The first-order chi connectivity index (χ1) is 13.0. The molecule has 0 bridgehead atoms.